The summed E-state index contributed by atoms with van der Waals surface area (Å²) in [7, 11) is 0. The highest BCUT2D eigenvalue weighted by atomic mass is 15.0. The van der Waals surface area contributed by atoms with Crippen LogP contribution in [-0.4, -0.2) is 5.54 Å². The first-order chi connectivity index (χ1) is 6.59. The Hall–Kier alpha value is -1.49. The first-order valence-corrected chi connectivity index (χ1v) is 4.86. The number of para-hydroxylation sites is 1. The molecule has 0 amide bonds. The average Bonchev–Trinajstić information content (AvgIpc) is 2.18. The van der Waals surface area contributed by atoms with E-state index in [2.05, 4.69) is 24.4 Å². The second kappa shape index (κ2) is 4.15. The summed E-state index contributed by atoms with van der Waals surface area (Å²) in [6.07, 6.45) is 0.977. The van der Waals surface area contributed by atoms with E-state index >= 15 is 0 Å². The van der Waals surface area contributed by atoms with Crippen LogP contribution in [0, 0.1) is 11.3 Å². The molecule has 0 saturated carbocycles. The van der Waals surface area contributed by atoms with Crippen LogP contribution in [0.15, 0.2) is 24.3 Å². The van der Waals surface area contributed by atoms with Crippen molar-refractivity contribution in [3.63, 3.8) is 0 Å². The van der Waals surface area contributed by atoms with E-state index < -0.39 is 5.54 Å². The fourth-order valence-corrected chi connectivity index (χ4v) is 1.32. The highest BCUT2D eigenvalue weighted by molar-refractivity contribution is 5.53. The van der Waals surface area contributed by atoms with Gasteiger partial charge in [0.2, 0.25) is 0 Å². The van der Waals surface area contributed by atoms with Crippen molar-refractivity contribution in [1.82, 2.24) is 0 Å². The SMILES string of the molecule is CCc1ccccc1NC(C)(C)C#N. The number of nitrogens with one attached hydrogen (secondary N) is 1. The Labute approximate surface area is 85.6 Å². The van der Waals surface area contributed by atoms with Gasteiger partial charge in [-0.25, -0.2) is 0 Å². The van der Waals surface area contributed by atoms with E-state index in [1.165, 1.54) is 5.56 Å². The Morgan fingerprint density at radius 2 is 2.00 bits per heavy atom. The molecule has 0 spiro atoms. The van der Waals surface area contributed by atoms with E-state index in [4.69, 9.17) is 5.26 Å². The van der Waals surface area contributed by atoms with Crippen LogP contribution in [0.1, 0.15) is 26.3 Å². The Bertz CT molecular complexity index is 348. The molecule has 0 aliphatic heterocycles. The summed E-state index contributed by atoms with van der Waals surface area (Å²) in [6, 6.07) is 10.3. The molecule has 0 aliphatic carbocycles. The topological polar surface area (TPSA) is 35.8 Å². The summed E-state index contributed by atoms with van der Waals surface area (Å²) >= 11 is 0. The van der Waals surface area contributed by atoms with Gasteiger partial charge in [0.25, 0.3) is 0 Å². The standard InChI is InChI=1S/C12H16N2/c1-4-10-7-5-6-8-11(10)14-12(2,3)9-13/h5-8,14H,4H2,1-3H3. The van der Waals surface area contributed by atoms with Gasteiger partial charge in [0.15, 0.2) is 0 Å². The molecule has 14 heavy (non-hydrogen) atoms. The zero-order valence-electron chi connectivity index (χ0n) is 8.96. The Kier molecular flexibility index (Phi) is 3.14. The van der Waals surface area contributed by atoms with E-state index in [0.29, 0.717) is 0 Å². The molecule has 0 radical (unpaired) electrons. The van der Waals surface area contributed by atoms with Gasteiger partial charge in [0.1, 0.15) is 5.54 Å². The molecule has 1 rings (SSSR count). The summed E-state index contributed by atoms with van der Waals surface area (Å²) in [5.41, 5.74) is 1.79. The van der Waals surface area contributed by atoms with Crippen LogP contribution in [-0.2, 0) is 6.42 Å². The van der Waals surface area contributed by atoms with Gasteiger partial charge in [0.05, 0.1) is 6.07 Å². The van der Waals surface area contributed by atoms with Gasteiger partial charge in [-0.3, -0.25) is 0 Å². The molecule has 0 aromatic heterocycles. The Morgan fingerprint density at radius 3 is 2.57 bits per heavy atom. The molecule has 0 atom stereocenters. The number of hydrogen-bond acceptors (Lipinski definition) is 2. The molecule has 2 nitrogen and oxygen atoms in total. The van der Waals surface area contributed by atoms with Crippen molar-refractivity contribution >= 4 is 5.69 Å². The molecule has 0 aliphatic rings. The molecule has 74 valence electrons. The first kappa shape index (κ1) is 10.6. The van der Waals surface area contributed by atoms with Gasteiger partial charge >= 0.3 is 0 Å². The van der Waals surface area contributed by atoms with E-state index in [1.807, 2.05) is 32.0 Å². The molecule has 0 fully saturated rings. The molecule has 0 unspecified atom stereocenters. The molecular formula is C12H16N2. The minimum Gasteiger partial charge on any atom is -0.368 e. The van der Waals surface area contributed by atoms with Gasteiger partial charge in [-0.15, -0.1) is 0 Å². The van der Waals surface area contributed by atoms with Gasteiger partial charge in [-0.05, 0) is 31.9 Å². The highest BCUT2D eigenvalue weighted by Crippen LogP contribution is 2.19. The number of nitriles is 1. The molecule has 0 heterocycles. The Balaban J connectivity index is 2.92. The van der Waals surface area contributed by atoms with E-state index in [0.717, 1.165) is 12.1 Å². The summed E-state index contributed by atoms with van der Waals surface area (Å²) in [6.45, 7) is 5.86. The summed E-state index contributed by atoms with van der Waals surface area (Å²) in [4.78, 5) is 0. The van der Waals surface area contributed by atoms with E-state index in [9.17, 15) is 0 Å². The van der Waals surface area contributed by atoms with Crippen molar-refractivity contribution < 1.29 is 0 Å². The molecule has 1 N–H and O–H groups in total. The second-order valence-corrected chi connectivity index (χ2v) is 3.87. The molecule has 0 bridgehead atoms. The lowest BCUT2D eigenvalue weighted by Crippen LogP contribution is -2.28. The predicted octanol–water partition coefficient (Wildman–Crippen LogP) is 2.96. The monoisotopic (exact) mass is 188 g/mol. The highest BCUT2D eigenvalue weighted by Gasteiger charge is 2.16. The van der Waals surface area contributed by atoms with Crippen LogP contribution < -0.4 is 5.32 Å². The number of anilines is 1. The van der Waals surface area contributed by atoms with Gasteiger partial charge in [-0.2, -0.15) is 5.26 Å². The van der Waals surface area contributed by atoms with Gasteiger partial charge < -0.3 is 5.32 Å². The normalized spacial score (nSPS) is 10.7. The van der Waals surface area contributed by atoms with Gasteiger partial charge in [-0.1, -0.05) is 25.1 Å². The van der Waals surface area contributed by atoms with Crippen molar-refractivity contribution in [2.24, 2.45) is 0 Å². The molecule has 1 aromatic carbocycles. The zero-order valence-corrected chi connectivity index (χ0v) is 8.96. The lowest BCUT2D eigenvalue weighted by molar-refractivity contribution is 0.727. The van der Waals surface area contributed by atoms with Crippen LogP contribution in [0.2, 0.25) is 0 Å². The van der Waals surface area contributed by atoms with Crippen LogP contribution in [0.5, 0.6) is 0 Å². The maximum absolute atomic E-state index is 8.91. The van der Waals surface area contributed by atoms with Gasteiger partial charge in [0, 0.05) is 5.69 Å². The Morgan fingerprint density at radius 1 is 1.36 bits per heavy atom. The van der Waals surface area contributed by atoms with Crippen molar-refractivity contribution in [3.05, 3.63) is 29.8 Å². The third kappa shape index (κ3) is 2.50. The lowest BCUT2D eigenvalue weighted by Gasteiger charge is -2.21. The molecule has 1 aromatic rings. The fourth-order valence-electron chi connectivity index (χ4n) is 1.32. The van der Waals surface area contributed by atoms with Crippen LogP contribution in [0.25, 0.3) is 0 Å². The third-order valence-corrected chi connectivity index (χ3v) is 2.12. The van der Waals surface area contributed by atoms with Crippen molar-refractivity contribution in [1.29, 1.82) is 5.26 Å². The quantitative estimate of drug-likeness (QED) is 0.791. The lowest BCUT2D eigenvalue weighted by atomic mass is 10.0. The second-order valence-electron chi connectivity index (χ2n) is 3.87. The number of nitrogens with zero attached hydrogens (tertiary/aromatic N) is 1. The van der Waals surface area contributed by atoms with Crippen molar-refractivity contribution in [2.75, 3.05) is 5.32 Å². The number of hydrogen-bond donors (Lipinski definition) is 1. The third-order valence-electron chi connectivity index (χ3n) is 2.12. The predicted molar refractivity (Wildman–Crippen MR) is 59.1 cm³/mol. The maximum Gasteiger partial charge on any atom is 0.119 e. The van der Waals surface area contributed by atoms with E-state index in [-0.39, 0.29) is 0 Å². The molecular weight excluding hydrogens is 172 g/mol. The number of aryl methyl sites for hydroxylation is 1. The average molecular weight is 188 g/mol. The van der Waals surface area contributed by atoms with E-state index in [1.54, 1.807) is 0 Å². The fraction of sp³-hybridized carbons (Fsp3) is 0.417. The minimum absolute atomic E-state index is 0.509. The smallest absolute Gasteiger partial charge is 0.119 e. The molecule has 0 saturated heterocycles. The number of rotatable bonds is 3. The minimum atomic E-state index is -0.509. The summed E-state index contributed by atoms with van der Waals surface area (Å²) in [5, 5.41) is 12.1. The zero-order chi connectivity index (χ0) is 10.6. The van der Waals surface area contributed by atoms with Crippen molar-refractivity contribution in [2.45, 2.75) is 32.7 Å². The largest absolute Gasteiger partial charge is 0.368 e. The van der Waals surface area contributed by atoms with Crippen LogP contribution in [0.4, 0.5) is 5.69 Å². The van der Waals surface area contributed by atoms with Crippen LogP contribution >= 0.6 is 0 Å². The van der Waals surface area contributed by atoms with Crippen LogP contribution in [0.3, 0.4) is 0 Å². The first-order valence-electron chi connectivity index (χ1n) is 4.86. The molecule has 2 heteroatoms. The number of benzene rings is 1. The summed E-state index contributed by atoms with van der Waals surface area (Å²) in [5.74, 6) is 0. The summed E-state index contributed by atoms with van der Waals surface area (Å²) < 4.78 is 0. The van der Waals surface area contributed by atoms with Crippen molar-refractivity contribution in [3.8, 4) is 6.07 Å². The maximum atomic E-state index is 8.91.